The van der Waals surface area contributed by atoms with Gasteiger partial charge in [0.15, 0.2) is 12.4 Å². The minimum Gasteiger partial charge on any atom is -0.454 e. The summed E-state index contributed by atoms with van der Waals surface area (Å²) >= 11 is 0. The summed E-state index contributed by atoms with van der Waals surface area (Å²) in [5.74, 6) is -1.51. The van der Waals surface area contributed by atoms with E-state index in [1.165, 1.54) is 36.7 Å². The lowest BCUT2D eigenvalue weighted by Gasteiger charge is -2.06. The van der Waals surface area contributed by atoms with Gasteiger partial charge >= 0.3 is 5.97 Å². The molecule has 114 valence electrons. The second kappa shape index (κ2) is 6.31. The van der Waals surface area contributed by atoms with Gasteiger partial charge in [0.25, 0.3) is 0 Å². The van der Waals surface area contributed by atoms with E-state index in [0.717, 1.165) is 0 Å². The number of Topliss-reactive ketones (excluding diaryl/α,β-unsaturated/α-hetero) is 1. The summed E-state index contributed by atoms with van der Waals surface area (Å²) in [5, 5.41) is 0. The van der Waals surface area contributed by atoms with Gasteiger partial charge < -0.3 is 4.74 Å². The molecule has 0 bridgehead atoms. The van der Waals surface area contributed by atoms with Crippen LogP contribution in [0.1, 0.15) is 20.7 Å². The van der Waals surface area contributed by atoms with Gasteiger partial charge in [0, 0.05) is 18.0 Å². The fourth-order valence-electron chi connectivity index (χ4n) is 2.09. The molecule has 0 aliphatic carbocycles. The number of nitrogens with zero attached hydrogens (tertiary/aromatic N) is 2. The minimum atomic E-state index is -0.661. The summed E-state index contributed by atoms with van der Waals surface area (Å²) in [7, 11) is 0. The number of ether oxygens (including phenoxy) is 1. The third-order valence-corrected chi connectivity index (χ3v) is 3.22. The topological polar surface area (TPSA) is 69.2 Å². The lowest BCUT2D eigenvalue weighted by molar-refractivity contribution is 0.0476. The van der Waals surface area contributed by atoms with Gasteiger partial charge in [-0.1, -0.05) is 6.07 Å². The van der Waals surface area contributed by atoms with Gasteiger partial charge in [0.1, 0.15) is 11.3 Å². The second-order valence-corrected chi connectivity index (χ2v) is 4.74. The molecule has 1 heterocycles. The Labute approximate surface area is 130 Å². The molecule has 0 aliphatic rings. The highest BCUT2D eigenvalue weighted by molar-refractivity contribution is 6.03. The number of hydrogen-bond acceptors (Lipinski definition) is 5. The van der Waals surface area contributed by atoms with Crippen molar-refractivity contribution in [1.82, 2.24) is 9.97 Å². The Kier molecular flexibility index (Phi) is 4.05. The molecular formula is C17H11FN2O3. The molecule has 6 heteroatoms. The summed E-state index contributed by atoms with van der Waals surface area (Å²) < 4.78 is 17.9. The first-order valence-electron chi connectivity index (χ1n) is 6.81. The van der Waals surface area contributed by atoms with Crippen LogP contribution in [0.25, 0.3) is 11.0 Å². The van der Waals surface area contributed by atoms with Crippen LogP contribution in [-0.4, -0.2) is 28.3 Å². The third kappa shape index (κ3) is 3.21. The highest BCUT2D eigenvalue weighted by Crippen LogP contribution is 2.15. The molecule has 23 heavy (non-hydrogen) atoms. The summed E-state index contributed by atoms with van der Waals surface area (Å²) in [6, 6.07) is 9.98. The quantitative estimate of drug-likeness (QED) is 0.547. The van der Waals surface area contributed by atoms with Crippen molar-refractivity contribution in [3.63, 3.8) is 0 Å². The fraction of sp³-hybridized carbons (Fsp3) is 0.0588. The Balaban J connectivity index is 1.74. The zero-order valence-corrected chi connectivity index (χ0v) is 11.9. The van der Waals surface area contributed by atoms with Crippen LogP contribution in [0, 0.1) is 5.82 Å². The molecule has 0 N–H and O–H groups in total. The summed E-state index contributed by atoms with van der Waals surface area (Å²) in [6.45, 7) is -0.429. The molecule has 2 aromatic carbocycles. The normalized spacial score (nSPS) is 10.5. The number of carbonyl (C=O) groups is 2. The Morgan fingerprint density at radius 3 is 2.52 bits per heavy atom. The molecule has 0 amide bonds. The number of esters is 1. The molecule has 0 fully saturated rings. The number of para-hydroxylation sites is 1. The maximum atomic E-state index is 12.8. The van der Waals surface area contributed by atoms with Crippen molar-refractivity contribution >= 4 is 22.8 Å². The molecule has 0 atom stereocenters. The number of halogens is 1. The van der Waals surface area contributed by atoms with Gasteiger partial charge in [-0.15, -0.1) is 0 Å². The Morgan fingerprint density at radius 2 is 1.74 bits per heavy atom. The zero-order valence-electron chi connectivity index (χ0n) is 11.9. The number of fused-ring (bicyclic) bond motifs is 1. The van der Waals surface area contributed by atoms with E-state index in [9.17, 15) is 14.0 Å². The van der Waals surface area contributed by atoms with Gasteiger partial charge in [-0.05, 0) is 36.4 Å². The molecule has 1 aromatic heterocycles. The van der Waals surface area contributed by atoms with E-state index in [-0.39, 0.29) is 11.1 Å². The summed E-state index contributed by atoms with van der Waals surface area (Å²) in [6.07, 6.45) is 3.00. The van der Waals surface area contributed by atoms with Gasteiger partial charge in [-0.25, -0.2) is 9.18 Å². The summed E-state index contributed by atoms with van der Waals surface area (Å²) in [5.41, 5.74) is 1.49. The SMILES string of the molecule is O=C(COC(=O)c1cccc2nccnc12)c1ccc(F)cc1. The molecule has 5 nitrogen and oxygen atoms in total. The maximum absolute atomic E-state index is 12.8. The number of hydrogen-bond donors (Lipinski definition) is 0. The molecule has 0 aliphatic heterocycles. The van der Waals surface area contributed by atoms with Crippen molar-refractivity contribution in [1.29, 1.82) is 0 Å². The van der Waals surface area contributed by atoms with Crippen LogP contribution < -0.4 is 0 Å². The van der Waals surface area contributed by atoms with Crippen molar-refractivity contribution in [2.75, 3.05) is 6.61 Å². The first-order chi connectivity index (χ1) is 11.1. The molecule has 0 saturated carbocycles. The number of carbonyl (C=O) groups excluding carboxylic acids is 2. The molecular weight excluding hydrogens is 299 g/mol. The monoisotopic (exact) mass is 310 g/mol. The average Bonchev–Trinajstić information content (AvgIpc) is 2.59. The molecule has 0 spiro atoms. The molecule has 0 radical (unpaired) electrons. The van der Waals surface area contributed by atoms with Crippen LogP contribution in [0.3, 0.4) is 0 Å². The van der Waals surface area contributed by atoms with Gasteiger partial charge in [-0.3, -0.25) is 14.8 Å². The van der Waals surface area contributed by atoms with Crippen molar-refractivity contribution < 1.29 is 18.7 Å². The maximum Gasteiger partial charge on any atom is 0.340 e. The van der Waals surface area contributed by atoms with Gasteiger partial charge in [-0.2, -0.15) is 0 Å². The summed E-state index contributed by atoms with van der Waals surface area (Å²) in [4.78, 5) is 32.3. The fourth-order valence-corrected chi connectivity index (χ4v) is 2.09. The lowest BCUT2D eigenvalue weighted by atomic mass is 10.1. The average molecular weight is 310 g/mol. The highest BCUT2D eigenvalue weighted by Gasteiger charge is 2.15. The van der Waals surface area contributed by atoms with Crippen LogP contribution >= 0.6 is 0 Å². The molecule has 3 rings (SSSR count). The largest absolute Gasteiger partial charge is 0.454 e. The first-order valence-corrected chi connectivity index (χ1v) is 6.81. The highest BCUT2D eigenvalue weighted by atomic mass is 19.1. The zero-order chi connectivity index (χ0) is 16.2. The first kappa shape index (κ1) is 14.8. The van der Waals surface area contributed by atoms with E-state index in [4.69, 9.17) is 4.74 Å². The number of rotatable bonds is 4. The van der Waals surface area contributed by atoms with Crippen LogP contribution in [0.4, 0.5) is 4.39 Å². The molecule has 3 aromatic rings. The van der Waals surface area contributed by atoms with Crippen molar-refractivity contribution in [2.45, 2.75) is 0 Å². The van der Waals surface area contributed by atoms with Crippen molar-refractivity contribution in [3.8, 4) is 0 Å². The van der Waals surface area contributed by atoms with E-state index in [1.54, 1.807) is 18.2 Å². The van der Waals surface area contributed by atoms with E-state index >= 15 is 0 Å². The molecule has 0 saturated heterocycles. The Morgan fingerprint density at radius 1 is 1.00 bits per heavy atom. The van der Waals surface area contributed by atoms with E-state index in [1.807, 2.05) is 0 Å². The van der Waals surface area contributed by atoms with E-state index < -0.39 is 24.2 Å². The van der Waals surface area contributed by atoms with E-state index in [2.05, 4.69) is 9.97 Å². The predicted octanol–water partition coefficient (Wildman–Crippen LogP) is 2.81. The number of aromatic nitrogens is 2. The van der Waals surface area contributed by atoms with Crippen molar-refractivity contribution in [3.05, 3.63) is 71.8 Å². The molecule has 0 unspecified atom stereocenters. The van der Waals surface area contributed by atoms with Gasteiger partial charge in [0.05, 0.1) is 11.1 Å². The number of ketones is 1. The van der Waals surface area contributed by atoms with Crippen LogP contribution in [-0.2, 0) is 4.74 Å². The van der Waals surface area contributed by atoms with E-state index in [0.29, 0.717) is 11.0 Å². The third-order valence-electron chi connectivity index (χ3n) is 3.22. The predicted molar refractivity (Wildman–Crippen MR) is 80.6 cm³/mol. The van der Waals surface area contributed by atoms with Crippen LogP contribution in [0.15, 0.2) is 54.9 Å². The lowest BCUT2D eigenvalue weighted by Crippen LogP contribution is -2.14. The van der Waals surface area contributed by atoms with Gasteiger partial charge in [0.2, 0.25) is 0 Å². The number of benzene rings is 2. The smallest absolute Gasteiger partial charge is 0.340 e. The minimum absolute atomic E-state index is 0.238. The van der Waals surface area contributed by atoms with Crippen LogP contribution in [0.2, 0.25) is 0 Å². The Hall–Kier alpha value is -3.15. The second-order valence-electron chi connectivity index (χ2n) is 4.74. The van der Waals surface area contributed by atoms with Crippen molar-refractivity contribution in [2.24, 2.45) is 0 Å². The van der Waals surface area contributed by atoms with Crippen LogP contribution in [0.5, 0.6) is 0 Å². The standard InChI is InChI=1S/C17H11FN2O3/c18-12-6-4-11(5-7-12)15(21)10-23-17(22)13-2-1-3-14-16(13)20-9-8-19-14/h1-9H,10H2. The Bertz CT molecular complexity index is 873.